The van der Waals surface area contributed by atoms with Gasteiger partial charge in [0.05, 0.1) is 13.2 Å². The van der Waals surface area contributed by atoms with Crippen molar-refractivity contribution < 1.29 is 14.3 Å². The molecule has 0 aliphatic carbocycles. The Kier molecular flexibility index (Phi) is 11.3. The second-order valence-electron chi connectivity index (χ2n) is 6.68. The first-order valence-electron chi connectivity index (χ1n) is 8.16. The van der Waals surface area contributed by atoms with Gasteiger partial charge in [-0.25, -0.2) is 0 Å². The minimum atomic E-state index is -0.0931. The summed E-state index contributed by atoms with van der Waals surface area (Å²) in [4.78, 5) is 10.9. The van der Waals surface area contributed by atoms with Crippen LogP contribution in [0, 0.1) is 5.41 Å². The quantitative estimate of drug-likeness (QED) is 0.309. The number of ether oxygens (including phenoxy) is 2. The lowest BCUT2D eigenvalue weighted by atomic mass is 9.87. The maximum absolute atomic E-state index is 10.9. The van der Waals surface area contributed by atoms with E-state index in [0.717, 1.165) is 25.7 Å². The van der Waals surface area contributed by atoms with Gasteiger partial charge in [-0.1, -0.05) is 52.2 Å². The highest BCUT2D eigenvalue weighted by molar-refractivity contribution is 5.68. The maximum Gasteiger partial charge on any atom is 0.305 e. The molecule has 0 unspecified atom stereocenters. The third kappa shape index (κ3) is 11.5. The van der Waals surface area contributed by atoms with Crippen LogP contribution in [0.3, 0.4) is 0 Å². The molecule has 0 saturated heterocycles. The van der Waals surface area contributed by atoms with Crippen molar-refractivity contribution in [2.45, 2.75) is 78.2 Å². The summed E-state index contributed by atoms with van der Waals surface area (Å²) in [6.45, 7) is 6.63. The average molecular weight is 298 g/mol. The van der Waals surface area contributed by atoms with Gasteiger partial charge in [0, 0.05) is 13.5 Å². The average Bonchev–Trinajstić information content (AvgIpc) is 2.43. The van der Waals surface area contributed by atoms with Crippen LogP contribution in [0.2, 0.25) is 0 Å². The fraction of sp³-hybridized carbons (Fsp3) is 0.833. The molecule has 0 N–H and O–H groups in total. The summed E-state index contributed by atoms with van der Waals surface area (Å²) in [7, 11) is 3.24. The van der Waals surface area contributed by atoms with E-state index in [4.69, 9.17) is 4.74 Å². The van der Waals surface area contributed by atoms with Crippen molar-refractivity contribution >= 4 is 5.97 Å². The van der Waals surface area contributed by atoms with Crippen molar-refractivity contribution in [2.24, 2.45) is 5.41 Å². The molecule has 0 spiro atoms. The third-order valence-corrected chi connectivity index (χ3v) is 3.75. The first-order valence-corrected chi connectivity index (χ1v) is 8.16. The highest BCUT2D eigenvalue weighted by Crippen LogP contribution is 2.24. The van der Waals surface area contributed by atoms with Crippen LogP contribution in [0.1, 0.15) is 72.1 Å². The van der Waals surface area contributed by atoms with Crippen LogP contribution in [0.15, 0.2) is 12.2 Å². The van der Waals surface area contributed by atoms with Crippen LogP contribution in [0.4, 0.5) is 0 Å². The molecular weight excluding hydrogens is 264 g/mol. The zero-order valence-corrected chi connectivity index (χ0v) is 14.6. The number of allylic oxidation sites excluding steroid dienone is 1. The van der Waals surface area contributed by atoms with E-state index in [1.54, 1.807) is 7.11 Å². The van der Waals surface area contributed by atoms with E-state index in [1.165, 1.54) is 26.4 Å². The number of methoxy groups -OCH3 is 2. The molecule has 3 heteroatoms. The van der Waals surface area contributed by atoms with E-state index in [2.05, 4.69) is 37.7 Å². The number of carbonyl (C=O) groups is 1. The van der Waals surface area contributed by atoms with Gasteiger partial charge < -0.3 is 9.47 Å². The Labute approximate surface area is 131 Å². The second-order valence-corrected chi connectivity index (χ2v) is 6.68. The largest absolute Gasteiger partial charge is 0.469 e. The second kappa shape index (κ2) is 11.8. The van der Waals surface area contributed by atoms with Gasteiger partial charge in [-0.2, -0.15) is 0 Å². The monoisotopic (exact) mass is 298 g/mol. The van der Waals surface area contributed by atoms with Gasteiger partial charge in [-0.05, 0) is 31.1 Å². The van der Waals surface area contributed by atoms with Gasteiger partial charge in [-0.3, -0.25) is 4.79 Å². The van der Waals surface area contributed by atoms with Crippen molar-refractivity contribution in [2.75, 3.05) is 14.2 Å². The summed E-state index contributed by atoms with van der Waals surface area (Å²) in [5, 5.41) is 0. The van der Waals surface area contributed by atoms with Crippen LogP contribution >= 0.6 is 0 Å². The Balaban J connectivity index is 3.50. The zero-order valence-electron chi connectivity index (χ0n) is 14.6. The molecule has 1 atom stereocenters. The predicted molar refractivity (Wildman–Crippen MR) is 88.3 cm³/mol. The van der Waals surface area contributed by atoms with Crippen molar-refractivity contribution in [1.29, 1.82) is 0 Å². The first-order chi connectivity index (χ1) is 9.91. The van der Waals surface area contributed by atoms with Crippen LogP contribution in [0.5, 0.6) is 0 Å². The van der Waals surface area contributed by atoms with Crippen LogP contribution in [-0.4, -0.2) is 26.3 Å². The molecule has 0 aliphatic heterocycles. The van der Waals surface area contributed by atoms with E-state index in [-0.39, 0.29) is 17.5 Å². The van der Waals surface area contributed by atoms with Gasteiger partial charge in [-0.15, -0.1) is 0 Å². The molecule has 124 valence electrons. The summed E-state index contributed by atoms with van der Waals surface area (Å²) in [5.41, 5.74) is 0.193. The topological polar surface area (TPSA) is 35.5 Å². The van der Waals surface area contributed by atoms with Crippen LogP contribution < -0.4 is 0 Å². The number of rotatable bonds is 11. The molecule has 0 heterocycles. The molecule has 0 aliphatic rings. The van der Waals surface area contributed by atoms with Gasteiger partial charge in [0.1, 0.15) is 0 Å². The standard InChI is InChI=1S/C18H34O3/c1-18(2,3)16(20-4)14-12-10-8-6-7-9-11-13-15-17(19)21-5/h10,12,16H,6-9,11,13-15H2,1-5H3/b12-10+/t16-/m0/s1. The fourth-order valence-corrected chi connectivity index (χ4v) is 2.30. The number of hydrogen-bond acceptors (Lipinski definition) is 3. The SMILES string of the molecule is COC(=O)CCCCCCC/C=C/C[C@H](OC)C(C)(C)C. The predicted octanol–water partition coefficient (Wildman–Crippen LogP) is 4.90. The highest BCUT2D eigenvalue weighted by Gasteiger charge is 2.22. The number of hydrogen-bond donors (Lipinski definition) is 0. The van der Waals surface area contributed by atoms with Gasteiger partial charge in [0.2, 0.25) is 0 Å². The third-order valence-electron chi connectivity index (χ3n) is 3.75. The molecule has 0 fully saturated rings. The van der Waals surface area contributed by atoms with Gasteiger partial charge in [0.25, 0.3) is 0 Å². The zero-order chi connectivity index (χ0) is 16.1. The van der Waals surface area contributed by atoms with E-state index in [1.807, 2.05) is 0 Å². The van der Waals surface area contributed by atoms with Crippen molar-refractivity contribution in [3.8, 4) is 0 Å². The van der Waals surface area contributed by atoms with E-state index >= 15 is 0 Å². The van der Waals surface area contributed by atoms with Gasteiger partial charge in [0.15, 0.2) is 0 Å². The Bertz CT molecular complexity index is 289. The molecule has 0 aromatic carbocycles. The lowest BCUT2D eigenvalue weighted by Gasteiger charge is -2.28. The Morgan fingerprint density at radius 1 is 1.00 bits per heavy atom. The van der Waals surface area contributed by atoms with E-state index in [0.29, 0.717) is 6.42 Å². The molecule has 3 nitrogen and oxygen atoms in total. The molecular formula is C18H34O3. The summed E-state index contributed by atoms with van der Waals surface area (Å²) in [6, 6.07) is 0. The molecule has 0 aromatic rings. The maximum atomic E-state index is 10.9. The number of unbranched alkanes of at least 4 members (excludes halogenated alkanes) is 5. The van der Waals surface area contributed by atoms with Gasteiger partial charge >= 0.3 is 5.97 Å². The number of esters is 1. The molecule has 21 heavy (non-hydrogen) atoms. The molecule has 0 rings (SSSR count). The fourth-order valence-electron chi connectivity index (χ4n) is 2.30. The Morgan fingerprint density at radius 3 is 2.19 bits per heavy atom. The summed E-state index contributed by atoms with van der Waals surface area (Å²) in [5.74, 6) is -0.0931. The first kappa shape index (κ1) is 20.2. The molecule has 0 radical (unpaired) electrons. The summed E-state index contributed by atoms with van der Waals surface area (Å²) >= 11 is 0. The molecule has 0 amide bonds. The van der Waals surface area contributed by atoms with Crippen molar-refractivity contribution in [1.82, 2.24) is 0 Å². The highest BCUT2D eigenvalue weighted by atomic mass is 16.5. The lowest BCUT2D eigenvalue weighted by Crippen LogP contribution is -2.27. The summed E-state index contributed by atoms with van der Waals surface area (Å²) < 4.78 is 10.1. The minimum Gasteiger partial charge on any atom is -0.469 e. The Hall–Kier alpha value is -0.830. The van der Waals surface area contributed by atoms with Crippen molar-refractivity contribution in [3.05, 3.63) is 12.2 Å². The normalized spacial score (nSPS) is 13.6. The Morgan fingerprint density at radius 2 is 1.62 bits per heavy atom. The molecule has 0 saturated carbocycles. The lowest BCUT2D eigenvalue weighted by molar-refractivity contribution is -0.140. The van der Waals surface area contributed by atoms with E-state index < -0.39 is 0 Å². The van der Waals surface area contributed by atoms with Crippen molar-refractivity contribution in [3.63, 3.8) is 0 Å². The van der Waals surface area contributed by atoms with E-state index in [9.17, 15) is 4.79 Å². The molecule has 0 bridgehead atoms. The minimum absolute atomic E-state index is 0.0931. The van der Waals surface area contributed by atoms with Crippen LogP contribution in [-0.2, 0) is 14.3 Å². The smallest absolute Gasteiger partial charge is 0.305 e. The summed E-state index contributed by atoms with van der Waals surface area (Å²) in [6.07, 6.45) is 13.2. The van der Waals surface area contributed by atoms with Crippen LogP contribution in [0.25, 0.3) is 0 Å². The number of carbonyl (C=O) groups excluding carboxylic acids is 1. The molecule has 0 aromatic heterocycles.